The molecule has 1 aromatic heterocycles. The van der Waals surface area contributed by atoms with Crippen molar-refractivity contribution in [2.45, 2.75) is 46.6 Å². The summed E-state index contributed by atoms with van der Waals surface area (Å²) in [6.45, 7) is 10.4. The fourth-order valence-corrected chi connectivity index (χ4v) is 2.47. The maximum atomic E-state index is 5.76. The van der Waals surface area contributed by atoms with Crippen molar-refractivity contribution in [3.63, 3.8) is 0 Å². The van der Waals surface area contributed by atoms with Crippen LogP contribution in [0.2, 0.25) is 0 Å². The standard InChI is InChI=1S/C17H25N3O2/c1-5-20-12-14(18-19-20)10-13(4)16-11-15(21-6-2)8-9-17(16)22-7-3/h8-9,11-13H,5-7,10H2,1-4H3. The van der Waals surface area contributed by atoms with E-state index in [1.807, 2.05) is 36.9 Å². The van der Waals surface area contributed by atoms with Gasteiger partial charge in [-0.3, -0.25) is 4.68 Å². The SMILES string of the molecule is CCOc1ccc(OCC)c(C(C)Cc2cn(CC)nn2)c1. The van der Waals surface area contributed by atoms with E-state index in [-0.39, 0.29) is 5.92 Å². The van der Waals surface area contributed by atoms with Crippen molar-refractivity contribution >= 4 is 0 Å². The molecule has 0 aliphatic carbocycles. The van der Waals surface area contributed by atoms with Crippen molar-refractivity contribution in [1.82, 2.24) is 15.0 Å². The molecule has 5 heteroatoms. The first-order valence-corrected chi connectivity index (χ1v) is 7.96. The molecule has 0 aliphatic heterocycles. The zero-order chi connectivity index (χ0) is 15.9. The summed E-state index contributed by atoms with van der Waals surface area (Å²) in [5, 5.41) is 8.33. The van der Waals surface area contributed by atoms with Crippen LogP contribution in [-0.4, -0.2) is 28.2 Å². The molecule has 0 N–H and O–H groups in total. The topological polar surface area (TPSA) is 49.2 Å². The number of aromatic nitrogens is 3. The quantitative estimate of drug-likeness (QED) is 0.749. The molecule has 0 saturated carbocycles. The molecule has 1 aromatic carbocycles. The highest BCUT2D eigenvalue weighted by Gasteiger charge is 2.15. The van der Waals surface area contributed by atoms with Crippen LogP contribution in [-0.2, 0) is 13.0 Å². The van der Waals surface area contributed by atoms with E-state index in [2.05, 4.69) is 30.2 Å². The van der Waals surface area contributed by atoms with Gasteiger partial charge in [-0.2, -0.15) is 0 Å². The Morgan fingerprint density at radius 1 is 1.14 bits per heavy atom. The van der Waals surface area contributed by atoms with Crippen LogP contribution in [0.3, 0.4) is 0 Å². The Labute approximate surface area is 132 Å². The van der Waals surface area contributed by atoms with Crippen LogP contribution in [0, 0.1) is 0 Å². The largest absolute Gasteiger partial charge is 0.494 e. The molecule has 0 bridgehead atoms. The third kappa shape index (κ3) is 4.00. The lowest BCUT2D eigenvalue weighted by molar-refractivity contribution is 0.325. The lowest BCUT2D eigenvalue weighted by Gasteiger charge is -2.17. The van der Waals surface area contributed by atoms with Gasteiger partial charge in [-0.1, -0.05) is 12.1 Å². The van der Waals surface area contributed by atoms with Crippen LogP contribution in [0.25, 0.3) is 0 Å². The van der Waals surface area contributed by atoms with Crippen molar-refractivity contribution in [2.75, 3.05) is 13.2 Å². The molecule has 2 rings (SSSR count). The number of rotatable bonds is 8. The third-order valence-corrected chi connectivity index (χ3v) is 3.55. The number of hydrogen-bond acceptors (Lipinski definition) is 4. The highest BCUT2D eigenvalue weighted by Crippen LogP contribution is 2.32. The number of nitrogens with zero attached hydrogens (tertiary/aromatic N) is 3. The second-order valence-corrected chi connectivity index (χ2v) is 5.24. The zero-order valence-corrected chi connectivity index (χ0v) is 13.9. The fourth-order valence-electron chi connectivity index (χ4n) is 2.47. The molecular formula is C17H25N3O2. The monoisotopic (exact) mass is 303 g/mol. The van der Waals surface area contributed by atoms with Gasteiger partial charge >= 0.3 is 0 Å². The minimum absolute atomic E-state index is 0.281. The minimum atomic E-state index is 0.281. The Balaban J connectivity index is 2.21. The Hall–Kier alpha value is -2.04. The van der Waals surface area contributed by atoms with Gasteiger partial charge in [0, 0.05) is 18.3 Å². The molecule has 1 heterocycles. The first-order valence-electron chi connectivity index (χ1n) is 7.96. The summed E-state index contributed by atoms with van der Waals surface area (Å²) in [6, 6.07) is 6.02. The lowest BCUT2D eigenvalue weighted by atomic mass is 9.95. The number of ether oxygens (including phenoxy) is 2. The van der Waals surface area contributed by atoms with Gasteiger partial charge in [-0.15, -0.1) is 5.10 Å². The van der Waals surface area contributed by atoms with E-state index in [0.29, 0.717) is 13.2 Å². The normalized spacial score (nSPS) is 12.2. The maximum absolute atomic E-state index is 5.76. The fraction of sp³-hybridized carbons (Fsp3) is 0.529. The third-order valence-electron chi connectivity index (χ3n) is 3.55. The van der Waals surface area contributed by atoms with Gasteiger partial charge in [0.05, 0.1) is 18.9 Å². The highest BCUT2D eigenvalue weighted by molar-refractivity contribution is 5.42. The van der Waals surface area contributed by atoms with Gasteiger partial charge in [0.15, 0.2) is 0 Å². The second kappa shape index (κ2) is 7.82. The number of benzene rings is 1. The summed E-state index contributed by atoms with van der Waals surface area (Å²) in [4.78, 5) is 0. The molecule has 22 heavy (non-hydrogen) atoms. The molecule has 0 radical (unpaired) electrons. The first kappa shape index (κ1) is 16.3. The molecule has 1 unspecified atom stereocenters. The van der Waals surface area contributed by atoms with Gasteiger partial charge in [0.25, 0.3) is 0 Å². The molecule has 0 aliphatic rings. The van der Waals surface area contributed by atoms with Crippen LogP contribution in [0.5, 0.6) is 11.5 Å². The van der Waals surface area contributed by atoms with E-state index in [9.17, 15) is 0 Å². The lowest BCUT2D eigenvalue weighted by Crippen LogP contribution is -2.04. The molecule has 0 spiro atoms. The van der Waals surface area contributed by atoms with Crippen LogP contribution in [0.4, 0.5) is 0 Å². The molecule has 0 fully saturated rings. The predicted octanol–water partition coefficient (Wildman–Crippen LogP) is 3.44. The summed E-state index contributed by atoms with van der Waals surface area (Å²) < 4.78 is 13.2. The highest BCUT2D eigenvalue weighted by atomic mass is 16.5. The average Bonchev–Trinajstić information content (AvgIpc) is 2.97. The smallest absolute Gasteiger partial charge is 0.123 e. The van der Waals surface area contributed by atoms with Crippen LogP contribution >= 0.6 is 0 Å². The van der Waals surface area contributed by atoms with Gasteiger partial charge in [0.1, 0.15) is 11.5 Å². The van der Waals surface area contributed by atoms with E-state index < -0.39 is 0 Å². The minimum Gasteiger partial charge on any atom is -0.494 e. The van der Waals surface area contributed by atoms with Gasteiger partial charge in [-0.05, 0) is 51.3 Å². The van der Waals surface area contributed by atoms with Gasteiger partial charge in [-0.25, -0.2) is 0 Å². The number of hydrogen-bond donors (Lipinski definition) is 0. The second-order valence-electron chi connectivity index (χ2n) is 5.24. The molecule has 2 aromatic rings. The average molecular weight is 303 g/mol. The molecular weight excluding hydrogens is 278 g/mol. The Bertz CT molecular complexity index is 595. The summed E-state index contributed by atoms with van der Waals surface area (Å²) in [5.41, 5.74) is 2.15. The predicted molar refractivity (Wildman–Crippen MR) is 86.6 cm³/mol. The van der Waals surface area contributed by atoms with E-state index in [1.54, 1.807) is 0 Å². The summed E-state index contributed by atoms with van der Waals surface area (Å²) in [7, 11) is 0. The van der Waals surface area contributed by atoms with Crippen molar-refractivity contribution < 1.29 is 9.47 Å². The summed E-state index contributed by atoms with van der Waals surface area (Å²) >= 11 is 0. The summed E-state index contributed by atoms with van der Waals surface area (Å²) in [6.07, 6.45) is 2.83. The zero-order valence-electron chi connectivity index (χ0n) is 13.9. The maximum Gasteiger partial charge on any atom is 0.123 e. The molecule has 0 saturated heterocycles. The molecule has 1 atom stereocenters. The molecule has 120 valence electrons. The van der Waals surface area contributed by atoms with Crippen molar-refractivity contribution in [3.05, 3.63) is 35.7 Å². The number of aryl methyl sites for hydroxylation is 1. The van der Waals surface area contributed by atoms with Gasteiger partial charge < -0.3 is 9.47 Å². The Morgan fingerprint density at radius 3 is 2.55 bits per heavy atom. The van der Waals surface area contributed by atoms with E-state index in [1.165, 1.54) is 0 Å². The van der Waals surface area contributed by atoms with E-state index >= 15 is 0 Å². The van der Waals surface area contributed by atoms with Crippen LogP contribution < -0.4 is 9.47 Å². The first-order chi connectivity index (χ1) is 10.7. The Morgan fingerprint density at radius 2 is 1.91 bits per heavy atom. The molecule has 0 amide bonds. The van der Waals surface area contributed by atoms with Gasteiger partial charge in [0.2, 0.25) is 0 Å². The van der Waals surface area contributed by atoms with E-state index in [4.69, 9.17) is 9.47 Å². The van der Waals surface area contributed by atoms with Crippen LogP contribution in [0.15, 0.2) is 24.4 Å². The van der Waals surface area contributed by atoms with Crippen molar-refractivity contribution in [2.24, 2.45) is 0 Å². The van der Waals surface area contributed by atoms with E-state index in [0.717, 1.165) is 35.7 Å². The molecule has 5 nitrogen and oxygen atoms in total. The van der Waals surface area contributed by atoms with Crippen LogP contribution in [0.1, 0.15) is 44.9 Å². The van der Waals surface area contributed by atoms with Crippen molar-refractivity contribution in [3.8, 4) is 11.5 Å². The Kier molecular flexibility index (Phi) is 5.81. The van der Waals surface area contributed by atoms with Crippen molar-refractivity contribution in [1.29, 1.82) is 0 Å². The summed E-state index contributed by atoms with van der Waals surface area (Å²) in [5.74, 6) is 2.08.